The van der Waals surface area contributed by atoms with Crippen LogP contribution in [0.2, 0.25) is 10.2 Å². The number of fused-ring (bicyclic) bond motifs is 1. The number of aromatic nitrogens is 1. The van der Waals surface area contributed by atoms with Crippen molar-refractivity contribution in [3.8, 4) is 0 Å². The van der Waals surface area contributed by atoms with E-state index in [1.807, 2.05) is 31.7 Å². The number of hydrogen-bond donors (Lipinski definition) is 1. The summed E-state index contributed by atoms with van der Waals surface area (Å²) in [7, 11) is 0. The van der Waals surface area contributed by atoms with Gasteiger partial charge in [-0.3, -0.25) is 0 Å². The summed E-state index contributed by atoms with van der Waals surface area (Å²) in [5.74, 6) is -1.63. The number of rotatable bonds is 4. The first-order chi connectivity index (χ1) is 14.1. The Kier molecular flexibility index (Phi) is 5.33. The highest BCUT2D eigenvalue weighted by atomic mass is 35.5. The van der Waals surface area contributed by atoms with E-state index in [0.717, 1.165) is 17.3 Å². The Labute approximate surface area is 187 Å². The molecule has 0 aliphatic carbocycles. The Balaban J connectivity index is 1.94. The SMILES string of the molecule is CC(C)C1=C(C(=O)O)SC2=N[C@@](C)(c3ccc(Cl)nc3)C(c3ccc(Cl)c(F)c3)N21. The quantitative estimate of drug-likeness (QED) is 0.573. The van der Waals surface area contributed by atoms with E-state index >= 15 is 0 Å². The third-order valence-electron chi connectivity index (χ3n) is 5.32. The van der Waals surface area contributed by atoms with E-state index in [9.17, 15) is 14.3 Å². The molecule has 2 aliphatic rings. The molecule has 4 rings (SSSR count). The Morgan fingerprint density at radius 1 is 1.30 bits per heavy atom. The van der Waals surface area contributed by atoms with E-state index < -0.39 is 23.4 Å². The Bertz CT molecular complexity index is 1100. The van der Waals surface area contributed by atoms with Crippen molar-refractivity contribution in [3.63, 3.8) is 0 Å². The van der Waals surface area contributed by atoms with Gasteiger partial charge in [0.15, 0.2) is 5.17 Å². The predicted molar refractivity (Wildman–Crippen MR) is 117 cm³/mol. The second kappa shape index (κ2) is 7.55. The molecule has 156 valence electrons. The van der Waals surface area contributed by atoms with Gasteiger partial charge < -0.3 is 10.0 Å². The van der Waals surface area contributed by atoms with Crippen LogP contribution in [-0.2, 0) is 10.3 Å². The molecule has 30 heavy (non-hydrogen) atoms. The fourth-order valence-electron chi connectivity index (χ4n) is 3.99. The molecule has 0 saturated carbocycles. The maximum atomic E-state index is 14.4. The van der Waals surface area contributed by atoms with Crippen LogP contribution in [0.5, 0.6) is 0 Å². The lowest BCUT2D eigenvalue weighted by atomic mass is 9.81. The molecule has 0 saturated heterocycles. The molecule has 5 nitrogen and oxygen atoms in total. The Morgan fingerprint density at radius 3 is 2.60 bits per heavy atom. The summed E-state index contributed by atoms with van der Waals surface area (Å²) in [6.07, 6.45) is 1.65. The zero-order chi connectivity index (χ0) is 21.8. The maximum Gasteiger partial charge on any atom is 0.344 e. The number of aliphatic carboxylic acids is 1. The molecule has 2 aliphatic heterocycles. The molecule has 0 radical (unpaired) electrons. The zero-order valence-corrected chi connectivity index (χ0v) is 18.7. The normalized spacial score (nSPS) is 23.2. The van der Waals surface area contributed by atoms with E-state index in [-0.39, 0.29) is 15.8 Å². The molecule has 1 unspecified atom stereocenters. The van der Waals surface area contributed by atoms with Crippen LogP contribution in [0.4, 0.5) is 4.39 Å². The summed E-state index contributed by atoms with van der Waals surface area (Å²) >= 11 is 13.0. The molecule has 0 amide bonds. The van der Waals surface area contributed by atoms with E-state index in [1.165, 1.54) is 12.1 Å². The molecule has 0 bridgehead atoms. The van der Waals surface area contributed by atoms with Gasteiger partial charge in [0.05, 0.1) is 11.1 Å². The number of benzene rings is 1. The maximum absolute atomic E-state index is 14.4. The minimum Gasteiger partial charge on any atom is -0.477 e. The molecule has 2 aromatic rings. The standard InChI is InChI=1S/C21H18Cl2FN3O2S/c1-10(2)16-17(19(28)29)30-20-26-21(3,12-5-7-15(23)25-9-12)18(27(16)20)11-4-6-13(22)14(24)8-11/h4-10,18H,1-3H3,(H,28,29)/t18?,21-/m0/s1. The fourth-order valence-corrected chi connectivity index (χ4v) is 5.47. The van der Waals surface area contributed by atoms with Gasteiger partial charge in [0.1, 0.15) is 21.4 Å². The van der Waals surface area contributed by atoms with Gasteiger partial charge in [-0.05, 0) is 48.4 Å². The Morgan fingerprint density at radius 2 is 2.03 bits per heavy atom. The number of pyridine rings is 1. The van der Waals surface area contributed by atoms with Crippen molar-refractivity contribution in [1.29, 1.82) is 0 Å². The summed E-state index contributed by atoms with van der Waals surface area (Å²) in [4.78, 5) is 23.2. The fraction of sp³-hybridized carbons (Fsp3) is 0.286. The Hall–Kier alpha value is -2.09. The minimum absolute atomic E-state index is 0.0226. The number of carbonyl (C=O) groups is 1. The van der Waals surface area contributed by atoms with Crippen molar-refractivity contribution in [2.45, 2.75) is 32.4 Å². The number of nitrogens with zero attached hydrogens (tertiary/aromatic N) is 3. The molecule has 1 aromatic heterocycles. The van der Waals surface area contributed by atoms with Crippen molar-refractivity contribution in [3.05, 3.63) is 74.3 Å². The van der Waals surface area contributed by atoms with Crippen LogP contribution in [0.1, 0.15) is 37.9 Å². The second-order valence-electron chi connectivity index (χ2n) is 7.63. The molecular weight excluding hydrogens is 448 g/mol. The lowest BCUT2D eigenvalue weighted by molar-refractivity contribution is -0.131. The van der Waals surface area contributed by atoms with Gasteiger partial charge in [-0.15, -0.1) is 0 Å². The first-order valence-corrected chi connectivity index (χ1v) is 10.8. The number of amidine groups is 1. The van der Waals surface area contributed by atoms with Gasteiger partial charge in [0, 0.05) is 17.5 Å². The third kappa shape index (κ3) is 3.29. The first-order valence-electron chi connectivity index (χ1n) is 9.25. The molecule has 0 spiro atoms. The largest absolute Gasteiger partial charge is 0.477 e. The second-order valence-corrected chi connectivity index (χ2v) is 9.41. The minimum atomic E-state index is -1.00. The van der Waals surface area contributed by atoms with Crippen LogP contribution in [-0.4, -0.2) is 26.1 Å². The van der Waals surface area contributed by atoms with E-state index in [1.54, 1.807) is 18.3 Å². The van der Waals surface area contributed by atoms with Crippen molar-refractivity contribution in [2.24, 2.45) is 10.9 Å². The number of carboxylic acids is 1. The van der Waals surface area contributed by atoms with Crippen LogP contribution >= 0.6 is 35.0 Å². The number of carboxylic acid groups (broad SMARTS) is 1. The van der Waals surface area contributed by atoms with Crippen LogP contribution in [0.25, 0.3) is 0 Å². The van der Waals surface area contributed by atoms with Crippen LogP contribution in [0.15, 0.2) is 52.1 Å². The summed E-state index contributed by atoms with van der Waals surface area (Å²) in [6, 6.07) is 7.67. The summed E-state index contributed by atoms with van der Waals surface area (Å²) in [5, 5.41) is 10.7. The van der Waals surface area contributed by atoms with Crippen LogP contribution in [0.3, 0.4) is 0 Å². The highest BCUT2D eigenvalue weighted by Gasteiger charge is 2.53. The monoisotopic (exact) mass is 465 g/mol. The van der Waals surface area contributed by atoms with Crippen molar-refractivity contribution in [1.82, 2.24) is 9.88 Å². The van der Waals surface area contributed by atoms with Gasteiger partial charge >= 0.3 is 5.97 Å². The number of thioether (sulfide) groups is 1. The molecule has 3 heterocycles. The lowest BCUT2D eigenvalue weighted by Gasteiger charge is -2.36. The third-order valence-corrected chi connectivity index (χ3v) is 6.91. The molecular formula is C21H18Cl2FN3O2S. The van der Waals surface area contributed by atoms with Crippen LogP contribution in [0, 0.1) is 11.7 Å². The molecule has 9 heteroatoms. The van der Waals surface area contributed by atoms with E-state index in [2.05, 4.69) is 4.98 Å². The van der Waals surface area contributed by atoms with Crippen LogP contribution < -0.4 is 0 Å². The summed E-state index contributed by atoms with van der Waals surface area (Å²) in [5.41, 5.74) is 1.23. The zero-order valence-electron chi connectivity index (χ0n) is 16.4. The molecule has 2 atom stereocenters. The number of allylic oxidation sites excluding steroid dienone is 1. The number of aliphatic imine (C=N–C) groups is 1. The lowest BCUT2D eigenvalue weighted by Crippen LogP contribution is -2.36. The average molecular weight is 466 g/mol. The molecule has 1 N–H and O–H groups in total. The molecule has 0 fully saturated rings. The smallest absolute Gasteiger partial charge is 0.344 e. The predicted octanol–water partition coefficient (Wildman–Crippen LogP) is 5.85. The van der Waals surface area contributed by atoms with Crippen molar-refractivity contribution < 1.29 is 14.3 Å². The van der Waals surface area contributed by atoms with Crippen molar-refractivity contribution in [2.75, 3.05) is 0 Å². The van der Waals surface area contributed by atoms with E-state index in [4.69, 9.17) is 28.2 Å². The van der Waals surface area contributed by atoms with Crippen molar-refractivity contribution >= 4 is 46.1 Å². The number of hydrogen-bond acceptors (Lipinski definition) is 5. The summed E-state index contributed by atoms with van der Waals surface area (Å²) < 4.78 is 14.4. The number of halogens is 3. The highest BCUT2D eigenvalue weighted by Crippen LogP contribution is 2.56. The molecule has 1 aromatic carbocycles. The van der Waals surface area contributed by atoms with Gasteiger partial charge in [0.25, 0.3) is 0 Å². The topological polar surface area (TPSA) is 65.8 Å². The van der Waals surface area contributed by atoms with Gasteiger partial charge in [-0.2, -0.15) is 0 Å². The van der Waals surface area contributed by atoms with E-state index in [0.29, 0.717) is 21.6 Å². The summed E-state index contributed by atoms with van der Waals surface area (Å²) in [6.45, 7) is 5.79. The first kappa shape index (κ1) is 21.2. The highest BCUT2D eigenvalue weighted by molar-refractivity contribution is 8.18. The van der Waals surface area contributed by atoms with Gasteiger partial charge in [-0.1, -0.05) is 49.2 Å². The van der Waals surface area contributed by atoms with Gasteiger partial charge in [0.2, 0.25) is 0 Å². The average Bonchev–Trinajstić information content (AvgIpc) is 3.17. The van der Waals surface area contributed by atoms with Gasteiger partial charge in [-0.25, -0.2) is 19.2 Å².